The van der Waals surface area contributed by atoms with Gasteiger partial charge in [-0.2, -0.15) is 0 Å². The molecule has 19 heavy (non-hydrogen) atoms. The highest BCUT2D eigenvalue weighted by Crippen LogP contribution is 2.19. The molecule has 0 unspecified atom stereocenters. The van der Waals surface area contributed by atoms with Gasteiger partial charge in [0.05, 0.1) is 17.9 Å². The molecule has 1 heterocycles. The summed E-state index contributed by atoms with van der Waals surface area (Å²) in [4.78, 5) is 19.1. The van der Waals surface area contributed by atoms with Crippen LogP contribution in [0.5, 0.6) is 0 Å². The van der Waals surface area contributed by atoms with Gasteiger partial charge in [-0.1, -0.05) is 6.07 Å². The number of nitrogens with zero attached hydrogens (tertiary/aromatic N) is 2. The summed E-state index contributed by atoms with van der Waals surface area (Å²) in [7, 11) is 0. The van der Waals surface area contributed by atoms with Crippen LogP contribution in [-0.2, 0) is 6.54 Å². The van der Waals surface area contributed by atoms with E-state index in [-0.39, 0.29) is 11.3 Å². The van der Waals surface area contributed by atoms with Crippen LogP contribution in [0.15, 0.2) is 30.5 Å². The third-order valence-electron chi connectivity index (χ3n) is 2.52. The fourth-order valence-corrected chi connectivity index (χ4v) is 1.68. The number of anilines is 1. The molecule has 0 aliphatic carbocycles. The summed E-state index contributed by atoms with van der Waals surface area (Å²) < 4.78 is 13.4. The lowest BCUT2D eigenvalue weighted by Gasteiger charge is -2.09. The Balaban J connectivity index is 2.20. The monoisotopic (exact) mass is 261 g/mol. The van der Waals surface area contributed by atoms with Gasteiger partial charge in [-0.25, -0.2) is 19.2 Å². The van der Waals surface area contributed by atoms with Crippen LogP contribution in [0.3, 0.4) is 0 Å². The maximum absolute atomic E-state index is 13.4. The van der Waals surface area contributed by atoms with Crippen molar-refractivity contribution in [3.63, 3.8) is 0 Å². The standard InChI is InChI=1S/C13H12FN3O2/c1-8-15-6-5-9(17-8)7-16-11-4-2-3-10(14)12(11)13(18)19/h2-6,16H,7H2,1H3,(H,18,19). The number of aromatic carboxylic acids is 1. The van der Waals surface area contributed by atoms with Crippen molar-refractivity contribution in [3.8, 4) is 0 Å². The van der Waals surface area contributed by atoms with Crippen LogP contribution in [-0.4, -0.2) is 21.0 Å². The largest absolute Gasteiger partial charge is 0.478 e. The Bertz CT molecular complexity index is 617. The second kappa shape index (κ2) is 5.43. The van der Waals surface area contributed by atoms with E-state index in [1.165, 1.54) is 12.1 Å². The quantitative estimate of drug-likeness (QED) is 0.882. The Morgan fingerprint density at radius 2 is 2.21 bits per heavy atom. The second-order valence-corrected chi connectivity index (χ2v) is 3.92. The van der Waals surface area contributed by atoms with Crippen LogP contribution in [0.1, 0.15) is 21.9 Å². The van der Waals surface area contributed by atoms with Crippen LogP contribution >= 0.6 is 0 Å². The molecule has 2 N–H and O–H groups in total. The smallest absolute Gasteiger partial charge is 0.340 e. The zero-order valence-electron chi connectivity index (χ0n) is 10.2. The summed E-state index contributed by atoms with van der Waals surface area (Å²) in [5.74, 6) is -1.45. The number of halogens is 1. The number of aryl methyl sites for hydroxylation is 1. The summed E-state index contributed by atoms with van der Waals surface area (Å²) in [6.07, 6.45) is 1.61. The maximum Gasteiger partial charge on any atom is 0.340 e. The van der Waals surface area contributed by atoms with E-state index >= 15 is 0 Å². The Hall–Kier alpha value is -2.50. The van der Waals surface area contributed by atoms with Crippen molar-refractivity contribution >= 4 is 11.7 Å². The minimum absolute atomic E-state index is 0.226. The predicted molar refractivity (Wildman–Crippen MR) is 67.5 cm³/mol. The number of hydrogen-bond donors (Lipinski definition) is 2. The Morgan fingerprint density at radius 3 is 2.89 bits per heavy atom. The molecule has 0 saturated heterocycles. The topological polar surface area (TPSA) is 75.1 Å². The van der Waals surface area contributed by atoms with Crippen LogP contribution < -0.4 is 5.32 Å². The Labute approximate surface area is 109 Å². The molecule has 0 fully saturated rings. The first-order valence-electron chi connectivity index (χ1n) is 5.62. The van der Waals surface area contributed by atoms with E-state index in [9.17, 15) is 9.18 Å². The lowest BCUT2D eigenvalue weighted by atomic mass is 10.1. The summed E-state index contributed by atoms with van der Waals surface area (Å²) >= 11 is 0. The summed E-state index contributed by atoms with van der Waals surface area (Å²) in [5, 5.41) is 11.8. The highest BCUT2D eigenvalue weighted by Gasteiger charge is 2.15. The fourth-order valence-electron chi connectivity index (χ4n) is 1.68. The Kier molecular flexibility index (Phi) is 3.70. The molecule has 2 rings (SSSR count). The average Bonchev–Trinajstić information content (AvgIpc) is 2.36. The molecule has 0 spiro atoms. The van der Waals surface area contributed by atoms with Crippen molar-refractivity contribution in [2.45, 2.75) is 13.5 Å². The molecule has 0 atom stereocenters. The fraction of sp³-hybridized carbons (Fsp3) is 0.154. The molecule has 0 bridgehead atoms. The molecule has 98 valence electrons. The molecule has 6 heteroatoms. The van der Waals surface area contributed by atoms with Crippen LogP contribution in [0.4, 0.5) is 10.1 Å². The van der Waals surface area contributed by atoms with Gasteiger partial charge in [-0.3, -0.25) is 0 Å². The number of carbonyl (C=O) groups is 1. The van der Waals surface area contributed by atoms with Crippen molar-refractivity contribution in [1.82, 2.24) is 9.97 Å². The highest BCUT2D eigenvalue weighted by atomic mass is 19.1. The van der Waals surface area contributed by atoms with E-state index in [1.807, 2.05) is 0 Å². The van der Waals surface area contributed by atoms with Crippen molar-refractivity contribution < 1.29 is 14.3 Å². The zero-order chi connectivity index (χ0) is 13.8. The summed E-state index contributed by atoms with van der Waals surface area (Å²) in [5.41, 5.74) is 0.560. The third-order valence-corrected chi connectivity index (χ3v) is 2.52. The first kappa shape index (κ1) is 12.9. The number of carboxylic acid groups (broad SMARTS) is 1. The molecular weight excluding hydrogens is 249 g/mol. The van der Waals surface area contributed by atoms with Gasteiger partial charge in [-0.15, -0.1) is 0 Å². The predicted octanol–water partition coefficient (Wildman–Crippen LogP) is 2.23. The third kappa shape index (κ3) is 3.04. The molecule has 0 amide bonds. The highest BCUT2D eigenvalue weighted by molar-refractivity contribution is 5.94. The van der Waals surface area contributed by atoms with Crippen molar-refractivity contribution in [3.05, 3.63) is 53.4 Å². The van der Waals surface area contributed by atoms with E-state index in [0.717, 1.165) is 6.07 Å². The normalized spacial score (nSPS) is 10.2. The van der Waals surface area contributed by atoms with Crippen molar-refractivity contribution in [1.29, 1.82) is 0 Å². The number of benzene rings is 1. The van der Waals surface area contributed by atoms with Crippen LogP contribution in [0.25, 0.3) is 0 Å². The van der Waals surface area contributed by atoms with Crippen molar-refractivity contribution in [2.75, 3.05) is 5.32 Å². The van der Waals surface area contributed by atoms with Crippen LogP contribution in [0.2, 0.25) is 0 Å². The van der Waals surface area contributed by atoms with Crippen molar-refractivity contribution in [2.24, 2.45) is 0 Å². The first-order chi connectivity index (χ1) is 9.08. The summed E-state index contributed by atoms with van der Waals surface area (Å²) in [6.45, 7) is 2.06. The van der Waals surface area contributed by atoms with E-state index < -0.39 is 11.8 Å². The van der Waals surface area contributed by atoms with Gasteiger partial charge in [0, 0.05) is 6.20 Å². The number of rotatable bonds is 4. The van der Waals surface area contributed by atoms with Gasteiger partial charge >= 0.3 is 5.97 Å². The lowest BCUT2D eigenvalue weighted by Crippen LogP contribution is -2.09. The van der Waals surface area contributed by atoms with Gasteiger partial charge in [-0.05, 0) is 25.1 Å². The van der Waals surface area contributed by atoms with Crippen LogP contribution in [0, 0.1) is 12.7 Å². The lowest BCUT2D eigenvalue weighted by molar-refractivity contribution is 0.0693. The minimum Gasteiger partial charge on any atom is -0.478 e. The number of hydrogen-bond acceptors (Lipinski definition) is 4. The average molecular weight is 261 g/mol. The van der Waals surface area contributed by atoms with E-state index in [1.54, 1.807) is 19.2 Å². The molecule has 1 aromatic heterocycles. The molecule has 0 aliphatic rings. The first-order valence-corrected chi connectivity index (χ1v) is 5.62. The number of carboxylic acids is 1. The van der Waals surface area contributed by atoms with E-state index in [0.29, 0.717) is 18.1 Å². The van der Waals surface area contributed by atoms with E-state index in [4.69, 9.17) is 5.11 Å². The van der Waals surface area contributed by atoms with Gasteiger partial charge in [0.25, 0.3) is 0 Å². The second-order valence-electron chi connectivity index (χ2n) is 3.92. The molecule has 0 saturated carbocycles. The molecule has 2 aromatic rings. The minimum atomic E-state index is -1.31. The van der Waals surface area contributed by atoms with Gasteiger partial charge in [0.2, 0.25) is 0 Å². The van der Waals surface area contributed by atoms with Gasteiger partial charge < -0.3 is 10.4 Å². The zero-order valence-corrected chi connectivity index (χ0v) is 10.2. The van der Waals surface area contributed by atoms with E-state index in [2.05, 4.69) is 15.3 Å². The molecule has 0 radical (unpaired) electrons. The summed E-state index contributed by atoms with van der Waals surface area (Å²) in [6, 6.07) is 5.79. The number of aromatic nitrogens is 2. The molecule has 1 aromatic carbocycles. The van der Waals surface area contributed by atoms with Gasteiger partial charge in [0.15, 0.2) is 0 Å². The molecule has 0 aliphatic heterocycles. The molecule has 5 nitrogen and oxygen atoms in total. The van der Waals surface area contributed by atoms with Gasteiger partial charge in [0.1, 0.15) is 17.2 Å². The molecular formula is C13H12FN3O2. The Morgan fingerprint density at radius 1 is 1.42 bits per heavy atom. The SMILES string of the molecule is Cc1nccc(CNc2cccc(F)c2C(=O)O)n1. The maximum atomic E-state index is 13.4. The number of nitrogens with one attached hydrogen (secondary N) is 1.